The zero-order chi connectivity index (χ0) is 25.9. The van der Waals surface area contributed by atoms with E-state index in [1.807, 2.05) is 61.5 Å². The summed E-state index contributed by atoms with van der Waals surface area (Å²) in [6, 6.07) is 18.4. The molecular formula is C30H33N3O4. The lowest BCUT2D eigenvalue weighted by Crippen LogP contribution is -2.53. The van der Waals surface area contributed by atoms with Gasteiger partial charge in [-0.1, -0.05) is 56.2 Å². The van der Waals surface area contributed by atoms with Crippen LogP contribution in [0.5, 0.6) is 5.75 Å². The van der Waals surface area contributed by atoms with Crippen molar-refractivity contribution in [2.24, 2.45) is 0 Å². The Labute approximate surface area is 217 Å². The van der Waals surface area contributed by atoms with E-state index in [0.29, 0.717) is 17.7 Å². The first-order chi connectivity index (χ1) is 18.0. The number of carbonyl (C=O) groups excluding carboxylic acids is 3. The van der Waals surface area contributed by atoms with Crippen molar-refractivity contribution >= 4 is 34.2 Å². The van der Waals surface area contributed by atoms with Crippen LogP contribution in [0.4, 0.5) is 5.69 Å². The second-order valence-corrected chi connectivity index (χ2v) is 9.86. The number of hydrogen-bond acceptors (Lipinski definition) is 4. The van der Waals surface area contributed by atoms with Crippen LogP contribution < -0.4 is 15.0 Å². The minimum atomic E-state index is -0.643. The maximum absolute atomic E-state index is 13.9. The molecule has 3 amide bonds. The minimum Gasteiger partial charge on any atom is -0.497 e. The summed E-state index contributed by atoms with van der Waals surface area (Å²) in [5, 5.41) is 5.00. The number of amides is 3. The van der Waals surface area contributed by atoms with Crippen molar-refractivity contribution in [3.05, 3.63) is 71.8 Å². The molecule has 1 saturated carbocycles. The van der Waals surface area contributed by atoms with E-state index in [1.54, 1.807) is 23.0 Å². The number of anilines is 1. The van der Waals surface area contributed by atoms with Crippen LogP contribution in [-0.2, 0) is 16.1 Å². The van der Waals surface area contributed by atoms with E-state index in [1.165, 1.54) is 0 Å². The molecule has 5 rings (SSSR count). The van der Waals surface area contributed by atoms with Gasteiger partial charge in [-0.3, -0.25) is 19.3 Å². The number of methoxy groups -OCH3 is 1. The molecule has 2 aliphatic rings. The van der Waals surface area contributed by atoms with Crippen LogP contribution >= 0.6 is 0 Å². The van der Waals surface area contributed by atoms with Crippen LogP contribution in [-0.4, -0.2) is 48.4 Å². The predicted octanol–water partition coefficient (Wildman–Crippen LogP) is 4.67. The maximum atomic E-state index is 13.9. The summed E-state index contributed by atoms with van der Waals surface area (Å²) in [4.78, 5) is 43.9. The molecule has 192 valence electrons. The van der Waals surface area contributed by atoms with E-state index in [-0.39, 0.29) is 36.9 Å². The zero-order valence-electron chi connectivity index (χ0n) is 21.4. The molecule has 0 bridgehead atoms. The third-order valence-corrected chi connectivity index (χ3v) is 7.52. The Morgan fingerprint density at radius 3 is 2.54 bits per heavy atom. The Morgan fingerprint density at radius 2 is 1.81 bits per heavy atom. The number of rotatable bonds is 9. The quantitative estimate of drug-likeness (QED) is 0.464. The number of ether oxygens (including phenoxy) is 1. The van der Waals surface area contributed by atoms with Crippen molar-refractivity contribution in [2.75, 3.05) is 18.6 Å². The van der Waals surface area contributed by atoms with Crippen molar-refractivity contribution < 1.29 is 19.1 Å². The molecule has 7 heteroatoms. The molecule has 0 unspecified atom stereocenters. The highest BCUT2D eigenvalue weighted by Gasteiger charge is 2.35. The number of benzene rings is 3. The SMILES string of the molecule is CC[C@@H](C(=O)NC1CCCC1)N(Cc1cccc(OC)c1)C(=O)CN1C(=O)c2cccc3cccc1c23. The van der Waals surface area contributed by atoms with E-state index in [4.69, 9.17) is 4.74 Å². The van der Waals surface area contributed by atoms with Gasteiger partial charge in [0.2, 0.25) is 11.8 Å². The average molecular weight is 500 g/mol. The van der Waals surface area contributed by atoms with Crippen LogP contribution in [0.1, 0.15) is 54.9 Å². The predicted molar refractivity (Wildman–Crippen MR) is 144 cm³/mol. The van der Waals surface area contributed by atoms with E-state index in [2.05, 4.69) is 5.32 Å². The number of nitrogens with one attached hydrogen (secondary N) is 1. The number of nitrogens with zero attached hydrogens (tertiary/aromatic N) is 2. The fourth-order valence-electron chi connectivity index (χ4n) is 5.62. The van der Waals surface area contributed by atoms with E-state index in [9.17, 15) is 14.4 Å². The molecule has 0 saturated heterocycles. The van der Waals surface area contributed by atoms with Crippen LogP contribution in [0.25, 0.3) is 10.8 Å². The van der Waals surface area contributed by atoms with E-state index < -0.39 is 6.04 Å². The summed E-state index contributed by atoms with van der Waals surface area (Å²) >= 11 is 0. The van der Waals surface area contributed by atoms with Gasteiger partial charge in [-0.2, -0.15) is 0 Å². The molecule has 3 aromatic carbocycles. The Balaban J connectivity index is 1.44. The Morgan fingerprint density at radius 1 is 1.08 bits per heavy atom. The van der Waals surface area contributed by atoms with Crippen LogP contribution in [0.3, 0.4) is 0 Å². The monoisotopic (exact) mass is 499 g/mol. The zero-order valence-corrected chi connectivity index (χ0v) is 21.4. The van der Waals surface area contributed by atoms with E-state index in [0.717, 1.165) is 47.7 Å². The van der Waals surface area contributed by atoms with Gasteiger partial charge in [-0.15, -0.1) is 0 Å². The van der Waals surface area contributed by atoms with Gasteiger partial charge in [0.15, 0.2) is 0 Å². The van der Waals surface area contributed by atoms with Gasteiger partial charge in [0.1, 0.15) is 18.3 Å². The first kappa shape index (κ1) is 24.8. The number of carbonyl (C=O) groups is 3. The molecule has 1 heterocycles. The van der Waals surface area contributed by atoms with E-state index >= 15 is 0 Å². The molecule has 1 atom stereocenters. The van der Waals surface area contributed by atoms with Gasteiger partial charge in [-0.05, 0) is 54.5 Å². The second-order valence-electron chi connectivity index (χ2n) is 9.86. The molecule has 3 aromatic rings. The molecule has 0 spiro atoms. The van der Waals surface area contributed by atoms with Gasteiger partial charge in [0, 0.05) is 23.5 Å². The fourth-order valence-corrected chi connectivity index (χ4v) is 5.62. The molecule has 0 radical (unpaired) electrons. The van der Waals surface area contributed by atoms with Crippen molar-refractivity contribution in [3.8, 4) is 5.75 Å². The Hall–Kier alpha value is -3.87. The molecule has 37 heavy (non-hydrogen) atoms. The maximum Gasteiger partial charge on any atom is 0.259 e. The summed E-state index contributed by atoms with van der Waals surface area (Å²) < 4.78 is 5.37. The minimum absolute atomic E-state index is 0.135. The largest absolute Gasteiger partial charge is 0.497 e. The van der Waals surface area contributed by atoms with Crippen LogP contribution in [0.2, 0.25) is 0 Å². The molecule has 0 aromatic heterocycles. The summed E-state index contributed by atoms with van der Waals surface area (Å²) in [5.41, 5.74) is 2.19. The van der Waals surface area contributed by atoms with Gasteiger partial charge in [-0.25, -0.2) is 0 Å². The number of hydrogen-bond donors (Lipinski definition) is 1. The molecule has 1 fully saturated rings. The average Bonchev–Trinajstić information content (AvgIpc) is 3.52. The lowest BCUT2D eigenvalue weighted by molar-refractivity contribution is -0.140. The summed E-state index contributed by atoms with van der Waals surface area (Å²) in [6.45, 7) is 2.03. The third kappa shape index (κ3) is 4.90. The van der Waals surface area contributed by atoms with Crippen molar-refractivity contribution in [3.63, 3.8) is 0 Å². The first-order valence-corrected chi connectivity index (χ1v) is 13.1. The lowest BCUT2D eigenvalue weighted by atomic mass is 10.1. The molecule has 1 N–H and O–H groups in total. The van der Waals surface area contributed by atoms with Crippen molar-refractivity contribution in [1.29, 1.82) is 0 Å². The normalized spacial score (nSPS) is 15.7. The summed E-state index contributed by atoms with van der Waals surface area (Å²) in [6.07, 6.45) is 4.62. The topological polar surface area (TPSA) is 79.0 Å². The van der Waals surface area contributed by atoms with Gasteiger partial charge in [0.05, 0.1) is 12.8 Å². The standard InChI is InChI=1S/C30H33N3O4/c1-3-25(29(35)31-22-12-4-5-13-22)32(18-20-9-6-14-23(17-20)37-2)27(34)19-33-26-16-8-11-21-10-7-15-24(28(21)26)30(33)36/h6-11,14-17,22,25H,3-5,12-13,18-19H2,1-2H3,(H,31,35)/t25-/m0/s1. The molecule has 7 nitrogen and oxygen atoms in total. The van der Waals surface area contributed by atoms with Crippen LogP contribution in [0, 0.1) is 0 Å². The molecular weight excluding hydrogens is 466 g/mol. The highest BCUT2D eigenvalue weighted by atomic mass is 16.5. The van der Waals surface area contributed by atoms with Crippen molar-refractivity contribution in [2.45, 2.75) is 57.7 Å². The van der Waals surface area contributed by atoms with Gasteiger partial charge >= 0.3 is 0 Å². The van der Waals surface area contributed by atoms with Crippen LogP contribution in [0.15, 0.2) is 60.7 Å². The highest BCUT2D eigenvalue weighted by molar-refractivity contribution is 6.26. The van der Waals surface area contributed by atoms with Gasteiger partial charge in [0.25, 0.3) is 5.91 Å². The molecule has 1 aliphatic heterocycles. The highest BCUT2D eigenvalue weighted by Crippen LogP contribution is 2.37. The Kier molecular flexibility index (Phi) is 7.12. The first-order valence-electron chi connectivity index (χ1n) is 13.1. The smallest absolute Gasteiger partial charge is 0.259 e. The second kappa shape index (κ2) is 10.6. The van der Waals surface area contributed by atoms with Gasteiger partial charge < -0.3 is 15.0 Å². The Bertz CT molecular complexity index is 1330. The molecule has 1 aliphatic carbocycles. The summed E-state index contributed by atoms with van der Waals surface area (Å²) in [5.74, 6) is 0.0910. The summed E-state index contributed by atoms with van der Waals surface area (Å²) in [7, 11) is 1.60. The third-order valence-electron chi connectivity index (χ3n) is 7.52. The van der Waals surface area contributed by atoms with Crippen molar-refractivity contribution in [1.82, 2.24) is 10.2 Å². The lowest BCUT2D eigenvalue weighted by Gasteiger charge is -2.33. The fraction of sp³-hybridized carbons (Fsp3) is 0.367.